The molecule has 3 rings (SSSR count). The first-order valence-electron chi connectivity index (χ1n) is 6.18. The molecule has 3 heterocycles. The molecule has 4 nitrogen and oxygen atoms in total. The molecule has 0 N–H and O–H groups in total. The van der Waals surface area contributed by atoms with E-state index < -0.39 is 0 Å². The summed E-state index contributed by atoms with van der Waals surface area (Å²) in [7, 11) is -0.330. The van der Waals surface area contributed by atoms with E-state index in [2.05, 4.69) is 32.8 Å². The van der Waals surface area contributed by atoms with Crippen molar-refractivity contribution in [2.24, 2.45) is 0 Å². The largest absolute Gasteiger partial charge is 0.496 e. The summed E-state index contributed by atoms with van der Waals surface area (Å²) in [6, 6.07) is 6.01. The molecule has 0 atom stereocenters. The van der Waals surface area contributed by atoms with Crippen LogP contribution in [-0.4, -0.2) is 27.9 Å². The van der Waals surface area contributed by atoms with Crippen LogP contribution in [0, 0.1) is 0 Å². The molecule has 94 valence electrons. The maximum absolute atomic E-state index is 6.01. The fraction of sp³-hybridized carbons (Fsp3) is 0.462. The van der Waals surface area contributed by atoms with E-state index in [1.807, 2.05) is 28.9 Å². The van der Waals surface area contributed by atoms with Crippen LogP contribution in [0.4, 0.5) is 0 Å². The summed E-state index contributed by atoms with van der Waals surface area (Å²) in [5.74, 6) is 0. The summed E-state index contributed by atoms with van der Waals surface area (Å²) in [4.78, 5) is 0. The van der Waals surface area contributed by atoms with Gasteiger partial charge in [0.05, 0.1) is 16.7 Å². The van der Waals surface area contributed by atoms with E-state index in [-0.39, 0.29) is 18.3 Å². The van der Waals surface area contributed by atoms with E-state index in [1.165, 1.54) is 0 Å². The van der Waals surface area contributed by atoms with Crippen LogP contribution in [0.15, 0.2) is 30.6 Å². The number of hydrogen-bond donors (Lipinski definition) is 0. The molecule has 0 aromatic carbocycles. The Morgan fingerprint density at radius 1 is 1.06 bits per heavy atom. The van der Waals surface area contributed by atoms with Crippen molar-refractivity contribution in [1.82, 2.24) is 9.61 Å². The Bertz CT molecular complexity index is 575. The van der Waals surface area contributed by atoms with Crippen LogP contribution in [-0.2, 0) is 9.31 Å². The van der Waals surface area contributed by atoms with Crippen LogP contribution in [0.5, 0.6) is 0 Å². The summed E-state index contributed by atoms with van der Waals surface area (Å²) in [6.07, 6.45) is 3.74. The summed E-state index contributed by atoms with van der Waals surface area (Å²) in [5.41, 5.74) is 1.44. The molecule has 0 saturated carbocycles. The lowest BCUT2D eigenvalue weighted by molar-refractivity contribution is 0.00578. The second kappa shape index (κ2) is 3.59. The van der Waals surface area contributed by atoms with Crippen LogP contribution in [0.25, 0.3) is 5.52 Å². The van der Waals surface area contributed by atoms with Crippen molar-refractivity contribution in [2.45, 2.75) is 38.9 Å². The fourth-order valence-corrected chi connectivity index (χ4v) is 2.05. The minimum absolute atomic E-state index is 0.309. The maximum Gasteiger partial charge on any atom is 0.496 e. The van der Waals surface area contributed by atoms with Gasteiger partial charge in [-0.1, -0.05) is 6.07 Å². The predicted molar refractivity (Wildman–Crippen MR) is 70.9 cm³/mol. The third-order valence-electron chi connectivity index (χ3n) is 3.94. The van der Waals surface area contributed by atoms with Gasteiger partial charge in [0.15, 0.2) is 0 Å². The van der Waals surface area contributed by atoms with Gasteiger partial charge in [-0.15, -0.1) is 0 Å². The monoisotopic (exact) mass is 244 g/mol. The number of pyridine rings is 1. The Morgan fingerprint density at radius 3 is 2.39 bits per heavy atom. The topological polar surface area (TPSA) is 35.8 Å². The van der Waals surface area contributed by atoms with E-state index in [1.54, 1.807) is 6.20 Å². The molecule has 0 unspecified atom stereocenters. The summed E-state index contributed by atoms with van der Waals surface area (Å²) >= 11 is 0. The number of aromatic nitrogens is 2. The quantitative estimate of drug-likeness (QED) is 0.715. The van der Waals surface area contributed by atoms with Crippen molar-refractivity contribution in [3.8, 4) is 0 Å². The van der Waals surface area contributed by atoms with Gasteiger partial charge in [0.2, 0.25) is 0 Å². The first kappa shape index (κ1) is 11.7. The molecule has 1 fully saturated rings. The van der Waals surface area contributed by atoms with E-state index in [9.17, 15) is 0 Å². The zero-order chi connectivity index (χ0) is 13.0. The zero-order valence-electron chi connectivity index (χ0n) is 11.2. The molecule has 0 amide bonds. The van der Waals surface area contributed by atoms with Crippen molar-refractivity contribution < 1.29 is 9.31 Å². The highest BCUT2D eigenvalue weighted by Crippen LogP contribution is 2.36. The third kappa shape index (κ3) is 1.66. The van der Waals surface area contributed by atoms with Gasteiger partial charge >= 0.3 is 7.12 Å². The smallest absolute Gasteiger partial charge is 0.399 e. The van der Waals surface area contributed by atoms with Crippen molar-refractivity contribution in [2.75, 3.05) is 0 Å². The van der Waals surface area contributed by atoms with Gasteiger partial charge in [0.1, 0.15) is 0 Å². The minimum Gasteiger partial charge on any atom is -0.399 e. The molecule has 0 spiro atoms. The molecule has 1 aliphatic rings. The molecule has 1 aliphatic heterocycles. The molecule has 2 aromatic heterocycles. The Hall–Kier alpha value is -1.33. The Kier molecular flexibility index (Phi) is 2.34. The van der Waals surface area contributed by atoms with Crippen LogP contribution >= 0.6 is 0 Å². The average Bonchev–Trinajstić information content (AvgIpc) is 2.80. The highest BCUT2D eigenvalue weighted by molar-refractivity contribution is 6.62. The second-order valence-electron chi connectivity index (χ2n) is 5.75. The summed E-state index contributed by atoms with van der Waals surface area (Å²) in [6.45, 7) is 8.22. The van der Waals surface area contributed by atoms with Crippen LogP contribution in [0.1, 0.15) is 27.7 Å². The normalized spacial score (nSPS) is 21.7. The first-order chi connectivity index (χ1) is 8.39. The van der Waals surface area contributed by atoms with Crippen LogP contribution in [0.3, 0.4) is 0 Å². The standard InChI is InChI=1S/C13H17BN2O2/c1-12(2)13(3,4)18-14(17-12)10-5-6-11-7-8-15-16(11)9-10/h5-9H,1-4H3. The van der Waals surface area contributed by atoms with Gasteiger partial charge < -0.3 is 9.31 Å². The van der Waals surface area contributed by atoms with Crippen molar-refractivity contribution in [3.63, 3.8) is 0 Å². The maximum atomic E-state index is 6.01. The fourth-order valence-electron chi connectivity index (χ4n) is 2.05. The van der Waals surface area contributed by atoms with Crippen molar-refractivity contribution in [3.05, 3.63) is 30.6 Å². The highest BCUT2D eigenvalue weighted by Gasteiger charge is 2.51. The SMILES string of the molecule is CC1(C)OB(c2ccc3ccnn3c2)OC1(C)C. The third-order valence-corrected chi connectivity index (χ3v) is 3.94. The lowest BCUT2D eigenvalue weighted by Crippen LogP contribution is -2.41. The van der Waals surface area contributed by atoms with Crippen molar-refractivity contribution >= 4 is 18.1 Å². The second-order valence-corrected chi connectivity index (χ2v) is 5.75. The van der Waals surface area contributed by atoms with Crippen LogP contribution < -0.4 is 5.46 Å². The number of hydrogen-bond acceptors (Lipinski definition) is 3. The molecule has 5 heteroatoms. The molecule has 1 saturated heterocycles. The van der Waals surface area contributed by atoms with E-state index in [0.717, 1.165) is 11.0 Å². The van der Waals surface area contributed by atoms with E-state index in [0.29, 0.717) is 0 Å². The zero-order valence-corrected chi connectivity index (χ0v) is 11.2. The summed E-state index contributed by atoms with van der Waals surface area (Å²) in [5, 5.41) is 4.23. The van der Waals surface area contributed by atoms with E-state index >= 15 is 0 Å². The Morgan fingerprint density at radius 2 is 1.72 bits per heavy atom. The van der Waals surface area contributed by atoms with Gasteiger partial charge in [0, 0.05) is 17.9 Å². The average molecular weight is 244 g/mol. The van der Waals surface area contributed by atoms with Gasteiger partial charge in [0.25, 0.3) is 0 Å². The number of rotatable bonds is 1. The molecular formula is C13H17BN2O2. The number of nitrogens with zero attached hydrogens (tertiary/aromatic N) is 2. The molecule has 0 aliphatic carbocycles. The highest BCUT2D eigenvalue weighted by atomic mass is 16.7. The Balaban J connectivity index is 1.96. The first-order valence-corrected chi connectivity index (χ1v) is 6.18. The number of fused-ring (bicyclic) bond motifs is 1. The van der Waals surface area contributed by atoms with Gasteiger partial charge in [-0.05, 0) is 39.8 Å². The van der Waals surface area contributed by atoms with Gasteiger partial charge in [-0.3, -0.25) is 0 Å². The molecular weight excluding hydrogens is 227 g/mol. The minimum atomic E-state index is -0.330. The summed E-state index contributed by atoms with van der Waals surface area (Å²) < 4.78 is 13.9. The predicted octanol–water partition coefficient (Wildman–Crippen LogP) is 1.63. The van der Waals surface area contributed by atoms with Gasteiger partial charge in [-0.25, -0.2) is 4.52 Å². The van der Waals surface area contributed by atoms with Crippen LogP contribution in [0.2, 0.25) is 0 Å². The van der Waals surface area contributed by atoms with Gasteiger partial charge in [-0.2, -0.15) is 5.10 Å². The molecule has 0 bridgehead atoms. The van der Waals surface area contributed by atoms with Crippen molar-refractivity contribution in [1.29, 1.82) is 0 Å². The van der Waals surface area contributed by atoms with E-state index in [4.69, 9.17) is 9.31 Å². The lowest BCUT2D eigenvalue weighted by Gasteiger charge is -2.32. The Labute approximate surface area is 107 Å². The lowest BCUT2D eigenvalue weighted by atomic mass is 9.80. The molecule has 0 radical (unpaired) electrons. The molecule has 2 aromatic rings. The molecule has 18 heavy (non-hydrogen) atoms.